The molecule has 0 bridgehead atoms. The lowest BCUT2D eigenvalue weighted by Crippen LogP contribution is -2.69. The minimum Gasteiger partial charge on any atom is -0.467 e. The van der Waals surface area contributed by atoms with Crippen LogP contribution in [0, 0.1) is 0 Å². The number of methoxy groups -OCH3 is 2. The van der Waals surface area contributed by atoms with Crippen LogP contribution < -0.4 is 0 Å². The van der Waals surface area contributed by atoms with Gasteiger partial charge >= 0.3 is 41.8 Å². The van der Waals surface area contributed by atoms with Gasteiger partial charge in [0, 0.05) is 42.6 Å². The second-order valence-electron chi connectivity index (χ2n) is 32.8. The molecule has 0 N–H and O–H groups in total. The monoisotopic (exact) mass is 1920 g/mol. The van der Waals surface area contributed by atoms with E-state index in [1.54, 1.807) is 200 Å². The van der Waals surface area contributed by atoms with Crippen molar-refractivity contribution in [2.75, 3.05) is 34.0 Å². The lowest BCUT2D eigenvalue weighted by molar-refractivity contribution is -0.382. The van der Waals surface area contributed by atoms with E-state index in [1.165, 1.54) is 38.3 Å². The lowest BCUT2D eigenvalue weighted by Gasteiger charge is -2.51. The first-order valence-corrected chi connectivity index (χ1v) is 45.0. The number of rotatable bonds is 44. The van der Waals surface area contributed by atoms with Crippen LogP contribution in [-0.4, -0.2) is 229 Å². The molecule has 5 aliphatic rings. The summed E-state index contributed by atoms with van der Waals surface area (Å²) in [4.78, 5) is 111. The molecule has 9 aromatic rings. The molecule has 0 spiro atoms. The van der Waals surface area contributed by atoms with E-state index in [0.29, 0.717) is 38.9 Å². The average Bonchev–Trinajstić information content (AvgIpc) is 0.750. The standard InChI is InChI=1S/C101H105N9O30/c1-61(111)120-58-73-79(122-51-64-33-15-6-16-34-64)82(123-52-65-35-17-7-18-36-65)77(106-109-103)98(132-73)137-87-85(125-54-67-39-21-9-22-40-67)91(127-56-69-43-25-11-26-44-69)100(140-90(87)96(117)128-57-70-45-27-12-28-46-70)136-81-74(59-121-62(2)112)133-99(78(107-110-104)84(81)130-63(3)113)138-88-86(126-55-68-41-23-10-24-42-68)92(134-94(115)72-49-31-14-32-50-72)101(139-89(88)95(116)118-4)135-80-75(60-129-93(114)71-47-29-13-30-48-71)131-97(119-5)76(105-108-102)83(80)124-53-66-37-19-8-20-38-66/h6-50,73-92,97-101H,51-60H2,1-5H3/t73-,74-,75-,76-,77-,78-,79-,80-,81-,82-,83-,84-,85+,86+,87+,88+,89-,90+,91-,92+,97+,98-,99-,100-,101-/m1/s1. The van der Waals surface area contributed by atoms with Crippen LogP contribution in [-0.2, 0) is 179 Å². The van der Waals surface area contributed by atoms with Crippen LogP contribution in [0.3, 0.4) is 0 Å². The van der Waals surface area contributed by atoms with Crippen LogP contribution in [0.2, 0.25) is 0 Å². The second kappa shape index (κ2) is 52.0. The molecule has 0 aliphatic carbocycles. The quantitative estimate of drug-likeness (QED) is 0.0112. The summed E-state index contributed by atoms with van der Waals surface area (Å²) in [6, 6.07) is 72.1. The fourth-order valence-electron chi connectivity index (χ4n) is 16.6. The molecule has 0 unspecified atom stereocenters. The third-order valence-corrected chi connectivity index (χ3v) is 23.2. The first-order chi connectivity index (χ1) is 68.3. The molecule has 25 atom stereocenters. The highest BCUT2D eigenvalue weighted by Crippen LogP contribution is 2.43. The third-order valence-electron chi connectivity index (χ3n) is 23.2. The first-order valence-electron chi connectivity index (χ1n) is 45.0. The molecule has 9 aromatic carbocycles. The Balaban J connectivity index is 0.890. The van der Waals surface area contributed by atoms with E-state index in [2.05, 4.69) is 30.1 Å². The zero-order valence-corrected chi connectivity index (χ0v) is 76.8. The molecule has 39 nitrogen and oxygen atoms in total. The minimum atomic E-state index is -2.21. The molecule has 0 amide bonds. The molecule has 5 aliphatic heterocycles. The van der Waals surface area contributed by atoms with E-state index in [0.717, 1.165) is 21.0 Å². The number of carbonyl (C=O) groups is 7. The maximum Gasteiger partial charge on any atom is 0.338 e. The van der Waals surface area contributed by atoms with Gasteiger partial charge in [-0.15, -0.1) is 0 Å². The first kappa shape index (κ1) is 102. The van der Waals surface area contributed by atoms with Crippen molar-refractivity contribution in [1.29, 1.82) is 0 Å². The van der Waals surface area contributed by atoms with E-state index in [4.69, 9.17) is 109 Å². The Hall–Kier alpha value is -13.4. The number of carbonyl (C=O) groups excluding carboxylic acids is 7. The maximum atomic E-state index is 16.1. The van der Waals surface area contributed by atoms with Crippen molar-refractivity contribution < 1.29 is 143 Å². The number of esters is 7. The Morgan fingerprint density at radius 3 is 0.964 bits per heavy atom. The SMILES string of the molecule is COC(=O)[C@@H]1O[C@@H](O[C@H]2[C@H](OCc3ccccc3)[C@@H](N=[N+]=[N-])[C@@H](OC)O[C@@H]2COC(=O)c2ccccc2)[C@@H](OC(=O)c2ccccc2)[C@@H](OCc2ccccc2)[C@@H]1O[C@H]1O[C@H](COC(C)=O)[C@@H](O[C@@H]2O[C@H](C(=O)OCc3ccccc3)[C@@H](O[C@H]3O[C@H](COC(C)=O)[C@@H](OCc4ccccc4)[C@H](OCc4ccccc4)[C@H]3N=[N+]=[N-])[C@H](OCc3ccccc3)[C@H]2OCc2ccccc2)[C@H](OC(C)=O)[C@H]1N=[N+]=[N-]. The smallest absolute Gasteiger partial charge is 0.338 e. The summed E-state index contributed by atoms with van der Waals surface area (Å²) < 4.78 is 153. The molecule has 0 radical (unpaired) electrons. The summed E-state index contributed by atoms with van der Waals surface area (Å²) in [6.45, 7) is -0.601. The molecule has 140 heavy (non-hydrogen) atoms. The van der Waals surface area contributed by atoms with Crippen molar-refractivity contribution in [2.24, 2.45) is 15.3 Å². The Kier molecular flexibility index (Phi) is 38.0. The lowest BCUT2D eigenvalue weighted by atomic mass is 9.93. The van der Waals surface area contributed by atoms with Gasteiger partial charge in [-0.2, -0.15) is 0 Å². The van der Waals surface area contributed by atoms with Gasteiger partial charge in [0.05, 0.1) is 57.9 Å². The van der Waals surface area contributed by atoms with Gasteiger partial charge in [-0.1, -0.05) is 264 Å². The normalized spacial score (nSPS) is 27.5. The molecule has 734 valence electrons. The third kappa shape index (κ3) is 27.8. The largest absolute Gasteiger partial charge is 0.467 e. The van der Waals surface area contributed by atoms with Crippen LogP contribution in [0.5, 0.6) is 0 Å². The van der Waals surface area contributed by atoms with E-state index in [1.807, 2.05) is 48.5 Å². The van der Waals surface area contributed by atoms with Crippen LogP contribution in [0.15, 0.2) is 288 Å². The van der Waals surface area contributed by atoms with Gasteiger partial charge in [0.2, 0.25) is 0 Å². The molecule has 5 fully saturated rings. The fraction of sp³-hybridized carbons (Fsp3) is 0.396. The summed E-state index contributed by atoms with van der Waals surface area (Å²) in [5, 5.41) is 12.6. The van der Waals surface area contributed by atoms with Crippen LogP contribution in [0.1, 0.15) is 80.4 Å². The van der Waals surface area contributed by atoms with Gasteiger partial charge in [-0.3, -0.25) is 14.4 Å². The highest BCUT2D eigenvalue weighted by molar-refractivity contribution is 5.90. The van der Waals surface area contributed by atoms with Crippen molar-refractivity contribution in [3.63, 3.8) is 0 Å². The van der Waals surface area contributed by atoms with E-state index < -0.39 is 228 Å². The molecule has 14 rings (SSSR count). The van der Waals surface area contributed by atoms with E-state index in [9.17, 15) is 35.8 Å². The fourth-order valence-corrected chi connectivity index (χ4v) is 16.6. The maximum absolute atomic E-state index is 16.1. The van der Waals surface area contributed by atoms with Gasteiger partial charge < -0.3 is 109 Å². The highest BCUT2D eigenvalue weighted by Gasteiger charge is 2.63. The van der Waals surface area contributed by atoms with Crippen molar-refractivity contribution in [3.8, 4) is 0 Å². The van der Waals surface area contributed by atoms with Crippen LogP contribution in [0.25, 0.3) is 31.3 Å². The zero-order valence-electron chi connectivity index (χ0n) is 76.8. The number of nitrogens with zero attached hydrogens (tertiary/aromatic N) is 9. The summed E-state index contributed by atoms with van der Waals surface area (Å²) >= 11 is 0. The van der Waals surface area contributed by atoms with E-state index >= 15 is 14.4 Å². The predicted octanol–water partition coefficient (Wildman–Crippen LogP) is 13.4. The molecule has 0 saturated carbocycles. The van der Waals surface area contributed by atoms with Crippen molar-refractivity contribution in [1.82, 2.24) is 0 Å². The van der Waals surface area contributed by atoms with Gasteiger partial charge in [-0.25, -0.2) is 19.2 Å². The Morgan fingerprint density at radius 2 is 0.579 bits per heavy atom. The molecule has 39 heteroatoms. The van der Waals surface area contributed by atoms with Gasteiger partial charge in [0.25, 0.3) is 0 Å². The Labute approximate surface area is 804 Å². The van der Waals surface area contributed by atoms with Crippen LogP contribution >= 0.6 is 0 Å². The number of azide groups is 3. The second-order valence-corrected chi connectivity index (χ2v) is 32.8. The number of benzene rings is 9. The van der Waals surface area contributed by atoms with Gasteiger partial charge in [0.15, 0.2) is 49.8 Å². The molecular weight excluding hydrogens is 1820 g/mol. The summed E-state index contributed by atoms with van der Waals surface area (Å²) in [6.07, 6.45) is -39.9. The number of ether oxygens (including phenoxy) is 23. The molecule has 0 aromatic heterocycles. The summed E-state index contributed by atoms with van der Waals surface area (Å²) in [5.41, 5.74) is 36.4. The number of hydrogen-bond donors (Lipinski definition) is 0. The Bertz CT molecular complexity index is 5610. The van der Waals surface area contributed by atoms with Crippen molar-refractivity contribution in [3.05, 3.63) is 354 Å². The topological polar surface area (TPSA) is 478 Å². The molecular formula is C101H105N9O30. The summed E-state index contributed by atoms with van der Waals surface area (Å²) in [7, 11) is 2.29. The zero-order chi connectivity index (χ0) is 98.1. The van der Waals surface area contributed by atoms with Crippen LogP contribution in [0.4, 0.5) is 0 Å². The number of hydrogen-bond acceptors (Lipinski definition) is 33. The summed E-state index contributed by atoms with van der Waals surface area (Å²) in [5.74, 6) is -7.00. The van der Waals surface area contributed by atoms with Crippen molar-refractivity contribution >= 4 is 41.8 Å². The molecule has 5 heterocycles. The van der Waals surface area contributed by atoms with Crippen molar-refractivity contribution in [2.45, 2.75) is 220 Å². The average molecular weight is 1920 g/mol. The highest BCUT2D eigenvalue weighted by atomic mass is 16.8. The van der Waals surface area contributed by atoms with E-state index in [-0.39, 0.29) is 44.2 Å². The predicted molar refractivity (Wildman–Crippen MR) is 488 cm³/mol. The molecule has 5 saturated heterocycles. The Morgan fingerprint density at radius 1 is 0.279 bits per heavy atom. The van der Waals surface area contributed by atoms with Gasteiger partial charge in [0.1, 0.15) is 130 Å². The van der Waals surface area contributed by atoms with Gasteiger partial charge in [-0.05, 0) is 79.8 Å². The minimum absolute atomic E-state index is 0.0479.